The molecule has 0 N–H and O–H groups in total. The maximum atomic E-state index is 6.59. The van der Waals surface area contributed by atoms with Crippen molar-refractivity contribution in [2.75, 3.05) is 0 Å². The zero-order valence-electron chi connectivity index (χ0n) is 17.8. The summed E-state index contributed by atoms with van der Waals surface area (Å²) in [4.78, 5) is 9.40. The highest BCUT2D eigenvalue weighted by atomic mass is 16.3. The average Bonchev–Trinajstić information content (AvgIpc) is 3.17. The van der Waals surface area contributed by atoms with Gasteiger partial charge < -0.3 is 4.42 Å². The predicted octanol–water partition coefficient (Wildman–Crippen LogP) is 7.65. The zero-order chi connectivity index (χ0) is 21.2. The van der Waals surface area contributed by atoms with Gasteiger partial charge in [0.2, 0.25) is 0 Å². The standard InChI is InChI=1S/C28H22N2O/c1-28(2,3)24-16-29-23(15-30-24)22-10-6-9-20-21-14-13-18-12-11-17-7-4-5-8-19(17)25(18)27(21)31-26(20)22/h4-16H,1-3H3. The van der Waals surface area contributed by atoms with Gasteiger partial charge in [0.05, 0.1) is 17.6 Å². The van der Waals surface area contributed by atoms with Crippen molar-refractivity contribution in [3.8, 4) is 11.3 Å². The van der Waals surface area contributed by atoms with E-state index in [-0.39, 0.29) is 5.41 Å². The Morgan fingerprint density at radius 1 is 0.645 bits per heavy atom. The summed E-state index contributed by atoms with van der Waals surface area (Å²) in [6, 6.07) is 23.4. The molecular formula is C28H22N2O. The second-order valence-electron chi connectivity index (χ2n) is 9.15. The molecule has 0 bridgehead atoms. The van der Waals surface area contributed by atoms with Crippen molar-refractivity contribution < 1.29 is 4.42 Å². The largest absolute Gasteiger partial charge is 0.455 e. The molecule has 0 spiro atoms. The number of rotatable bonds is 1. The van der Waals surface area contributed by atoms with Crippen molar-refractivity contribution in [3.05, 3.63) is 84.8 Å². The molecule has 0 aliphatic carbocycles. The monoisotopic (exact) mass is 402 g/mol. The number of hydrogen-bond acceptors (Lipinski definition) is 3. The van der Waals surface area contributed by atoms with Crippen molar-refractivity contribution in [1.82, 2.24) is 9.97 Å². The average molecular weight is 402 g/mol. The molecule has 4 aromatic carbocycles. The molecule has 6 aromatic rings. The highest BCUT2D eigenvalue weighted by Crippen LogP contribution is 2.40. The van der Waals surface area contributed by atoms with E-state index in [0.717, 1.165) is 44.3 Å². The van der Waals surface area contributed by atoms with Gasteiger partial charge in [-0.3, -0.25) is 9.97 Å². The van der Waals surface area contributed by atoms with Crippen LogP contribution >= 0.6 is 0 Å². The maximum Gasteiger partial charge on any atom is 0.144 e. The zero-order valence-corrected chi connectivity index (χ0v) is 17.8. The van der Waals surface area contributed by atoms with Crippen LogP contribution < -0.4 is 0 Å². The quantitative estimate of drug-likeness (QED) is 0.265. The van der Waals surface area contributed by atoms with Gasteiger partial charge in [0, 0.05) is 33.3 Å². The molecule has 0 radical (unpaired) electrons. The lowest BCUT2D eigenvalue weighted by Crippen LogP contribution is -2.13. The van der Waals surface area contributed by atoms with Gasteiger partial charge in [-0.2, -0.15) is 0 Å². The number of para-hydroxylation sites is 1. The molecule has 0 atom stereocenters. The first-order valence-electron chi connectivity index (χ1n) is 10.6. The van der Waals surface area contributed by atoms with E-state index in [2.05, 4.69) is 92.5 Å². The van der Waals surface area contributed by atoms with Gasteiger partial charge in [0.25, 0.3) is 0 Å². The third-order valence-electron chi connectivity index (χ3n) is 6.07. The van der Waals surface area contributed by atoms with E-state index in [1.54, 1.807) is 0 Å². The molecule has 2 aromatic heterocycles. The molecule has 0 fully saturated rings. The van der Waals surface area contributed by atoms with E-state index >= 15 is 0 Å². The topological polar surface area (TPSA) is 38.9 Å². The number of benzene rings is 4. The Hall–Kier alpha value is -3.72. The summed E-state index contributed by atoms with van der Waals surface area (Å²) in [5.74, 6) is 0. The molecule has 0 aliphatic heterocycles. The van der Waals surface area contributed by atoms with Crippen LogP contribution in [-0.2, 0) is 5.41 Å². The lowest BCUT2D eigenvalue weighted by atomic mass is 9.92. The maximum absolute atomic E-state index is 6.59. The second kappa shape index (κ2) is 6.39. The summed E-state index contributed by atoms with van der Waals surface area (Å²) < 4.78 is 6.59. The third-order valence-corrected chi connectivity index (χ3v) is 6.07. The van der Waals surface area contributed by atoms with Crippen LogP contribution in [0.4, 0.5) is 0 Å². The molecule has 2 heterocycles. The molecular weight excluding hydrogens is 380 g/mol. The Bertz CT molecular complexity index is 1600. The summed E-state index contributed by atoms with van der Waals surface area (Å²) in [5, 5.41) is 6.99. The lowest BCUT2D eigenvalue weighted by molar-refractivity contribution is 0.566. The summed E-state index contributed by atoms with van der Waals surface area (Å²) in [5.41, 5.74) is 4.52. The summed E-state index contributed by atoms with van der Waals surface area (Å²) in [6.07, 6.45) is 3.73. The van der Waals surface area contributed by atoms with Crippen LogP contribution in [0.5, 0.6) is 0 Å². The van der Waals surface area contributed by atoms with Gasteiger partial charge in [-0.25, -0.2) is 0 Å². The summed E-state index contributed by atoms with van der Waals surface area (Å²) in [7, 11) is 0. The molecule has 0 aliphatic rings. The second-order valence-corrected chi connectivity index (χ2v) is 9.15. The van der Waals surface area contributed by atoms with Gasteiger partial charge in [-0.05, 0) is 28.3 Å². The Morgan fingerprint density at radius 3 is 2.19 bits per heavy atom. The molecule has 0 saturated heterocycles. The molecule has 6 rings (SSSR count). The fourth-order valence-corrected chi connectivity index (χ4v) is 4.40. The van der Waals surface area contributed by atoms with Gasteiger partial charge in [0.1, 0.15) is 11.2 Å². The van der Waals surface area contributed by atoms with Crippen molar-refractivity contribution in [2.24, 2.45) is 0 Å². The Kier molecular flexibility index (Phi) is 3.73. The van der Waals surface area contributed by atoms with E-state index in [9.17, 15) is 0 Å². The van der Waals surface area contributed by atoms with Crippen LogP contribution in [0.25, 0.3) is 54.7 Å². The van der Waals surface area contributed by atoms with Gasteiger partial charge in [-0.15, -0.1) is 0 Å². The van der Waals surface area contributed by atoms with Crippen LogP contribution in [0, 0.1) is 0 Å². The minimum atomic E-state index is -0.0309. The van der Waals surface area contributed by atoms with Crippen LogP contribution in [0.1, 0.15) is 26.5 Å². The Balaban J connectivity index is 1.66. The fraction of sp³-hybridized carbons (Fsp3) is 0.143. The van der Waals surface area contributed by atoms with Crippen LogP contribution in [0.2, 0.25) is 0 Å². The van der Waals surface area contributed by atoms with Crippen LogP contribution in [0.3, 0.4) is 0 Å². The molecule has 0 amide bonds. The molecule has 31 heavy (non-hydrogen) atoms. The molecule has 150 valence electrons. The minimum Gasteiger partial charge on any atom is -0.455 e. The Morgan fingerprint density at radius 2 is 1.39 bits per heavy atom. The smallest absolute Gasteiger partial charge is 0.144 e. The summed E-state index contributed by atoms with van der Waals surface area (Å²) in [6.45, 7) is 6.43. The first-order valence-corrected chi connectivity index (χ1v) is 10.6. The predicted molar refractivity (Wildman–Crippen MR) is 128 cm³/mol. The fourth-order valence-electron chi connectivity index (χ4n) is 4.40. The molecule has 3 heteroatoms. The molecule has 3 nitrogen and oxygen atoms in total. The van der Waals surface area contributed by atoms with E-state index in [0.29, 0.717) is 0 Å². The molecule has 0 saturated carbocycles. The number of aromatic nitrogens is 2. The van der Waals surface area contributed by atoms with E-state index in [4.69, 9.17) is 9.40 Å². The number of furan rings is 1. The summed E-state index contributed by atoms with van der Waals surface area (Å²) >= 11 is 0. The SMILES string of the molecule is CC(C)(C)c1cnc(-c2cccc3c2oc2c3ccc3ccc4ccccc4c32)cn1. The van der Waals surface area contributed by atoms with Gasteiger partial charge in [0.15, 0.2) is 0 Å². The number of nitrogens with zero attached hydrogens (tertiary/aromatic N) is 2. The minimum absolute atomic E-state index is 0.0309. The number of fused-ring (bicyclic) bond motifs is 7. The van der Waals surface area contributed by atoms with E-state index in [1.807, 2.05) is 12.4 Å². The Labute approximate surface area is 180 Å². The molecule has 0 unspecified atom stereocenters. The normalized spacial score (nSPS) is 12.4. The van der Waals surface area contributed by atoms with Crippen molar-refractivity contribution in [3.63, 3.8) is 0 Å². The van der Waals surface area contributed by atoms with Gasteiger partial charge >= 0.3 is 0 Å². The number of hydrogen-bond donors (Lipinski definition) is 0. The first kappa shape index (κ1) is 18.1. The van der Waals surface area contributed by atoms with Gasteiger partial charge in [-0.1, -0.05) is 75.4 Å². The lowest BCUT2D eigenvalue weighted by Gasteiger charge is -2.16. The van der Waals surface area contributed by atoms with Crippen molar-refractivity contribution in [2.45, 2.75) is 26.2 Å². The van der Waals surface area contributed by atoms with E-state index < -0.39 is 0 Å². The van der Waals surface area contributed by atoms with E-state index in [1.165, 1.54) is 16.2 Å². The van der Waals surface area contributed by atoms with Crippen LogP contribution in [0.15, 0.2) is 83.5 Å². The highest BCUT2D eigenvalue weighted by molar-refractivity contribution is 6.23. The van der Waals surface area contributed by atoms with Crippen molar-refractivity contribution in [1.29, 1.82) is 0 Å². The third kappa shape index (κ3) is 2.73. The van der Waals surface area contributed by atoms with Crippen molar-refractivity contribution >= 4 is 43.5 Å². The van der Waals surface area contributed by atoms with Crippen LogP contribution in [-0.4, -0.2) is 9.97 Å². The first-order chi connectivity index (χ1) is 15.0. The highest BCUT2D eigenvalue weighted by Gasteiger charge is 2.18.